The number of carbonyl (C=O) groups is 2. The van der Waals surface area contributed by atoms with Gasteiger partial charge in [-0.3, -0.25) is 14.5 Å². The smallest absolute Gasteiger partial charge is 0.311 e. The Labute approximate surface area is 161 Å². The van der Waals surface area contributed by atoms with Crippen LogP contribution in [0.1, 0.15) is 50.5 Å². The quantitative estimate of drug-likeness (QED) is 0.808. The Morgan fingerprint density at radius 3 is 2.52 bits per heavy atom. The van der Waals surface area contributed by atoms with E-state index in [2.05, 4.69) is 34.5 Å². The van der Waals surface area contributed by atoms with Crippen LogP contribution < -0.4 is 5.32 Å². The van der Waals surface area contributed by atoms with E-state index in [9.17, 15) is 14.7 Å². The molecule has 27 heavy (non-hydrogen) atoms. The number of aliphatic carboxylic acids is 1. The highest BCUT2D eigenvalue weighted by Crippen LogP contribution is 2.48. The number of fused-ring (bicyclic) bond motifs is 1. The van der Waals surface area contributed by atoms with Gasteiger partial charge in [0.25, 0.3) is 0 Å². The minimum absolute atomic E-state index is 0.0257. The van der Waals surface area contributed by atoms with Gasteiger partial charge in [0, 0.05) is 25.0 Å². The molecule has 146 valence electrons. The van der Waals surface area contributed by atoms with Gasteiger partial charge in [-0.15, -0.1) is 0 Å². The maximum absolute atomic E-state index is 12.6. The molecule has 0 aromatic heterocycles. The number of rotatable bonds is 6. The van der Waals surface area contributed by atoms with Gasteiger partial charge in [-0.1, -0.05) is 49.6 Å². The third-order valence-corrected chi connectivity index (χ3v) is 7.31. The molecule has 3 fully saturated rings. The number of hydrogen-bond donors (Lipinski definition) is 2. The molecule has 4 rings (SSSR count). The van der Waals surface area contributed by atoms with E-state index in [1.807, 2.05) is 6.07 Å². The van der Waals surface area contributed by atoms with Crippen LogP contribution >= 0.6 is 0 Å². The average Bonchev–Trinajstić information content (AvgIpc) is 3.36. The average molecular weight is 370 g/mol. The molecule has 5 nitrogen and oxygen atoms in total. The first-order chi connectivity index (χ1) is 13.0. The standard InChI is InChI=1S/C22H30N2O3/c25-19(14-24-13-18-9-6-12-22(18,16-24)20(26)27)23-15-21(10-4-5-11-21)17-7-2-1-3-8-17/h1-3,7-8,18H,4-6,9-16H2,(H,23,25)(H,26,27)/t18-,22+/m0/s1. The molecule has 2 saturated carbocycles. The van der Waals surface area contributed by atoms with Gasteiger partial charge in [0.15, 0.2) is 0 Å². The van der Waals surface area contributed by atoms with Crippen LogP contribution in [0.2, 0.25) is 0 Å². The molecule has 2 N–H and O–H groups in total. The third-order valence-electron chi connectivity index (χ3n) is 7.31. The highest BCUT2D eigenvalue weighted by Gasteiger charge is 2.54. The Morgan fingerprint density at radius 1 is 1.11 bits per heavy atom. The second-order valence-corrected chi connectivity index (χ2v) is 8.85. The molecule has 5 heteroatoms. The van der Waals surface area contributed by atoms with E-state index in [4.69, 9.17) is 0 Å². The number of nitrogens with zero attached hydrogens (tertiary/aromatic N) is 1. The molecule has 1 aliphatic heterocycles. The van der Waals surface area contributed by atoms with Gasteiger partial charge in [-0.25, -0.2) is 0 Å². The highest BCUT2D eigenvalue weighted by atomic mass is 16.4. The number of benzene rings is 1. The predicted octanol–water partition coefficient (Wildman–Crippen LogP) is 2.80. The first-order valence-corrected chi connectivity index (χ1v) is 10.3. The lowest BCUT2D eigenvalue weighted by Crippen LogP contribution is -2.44. The predicted molar refractivity (Wildman–Crippen MR) is 103 cm³/mol. The largest absolute Gasteiger partial charge is 0.481 e. The van der Waals surface area contributed by atoms with Gasteiger partial charge in [0.2, 0.25) is 5.91 Å². The molecular formula is C22H30N2O3. The summed E-state index contributed by atoms with van der Waals surface area (Å²) < 4.78 is 0. The van der Waals surface area contributed by atoms with Gasteiger partial charge in [-0.05, 0) is 37.2 Å². The zero-order valence-electron chi connectivity index (χ0n) is 16.0. The van der Waals surface area contributed by atoms with Crippen molar-refractivity contribution < 1.29 is 14.7 Å². The van der Waals surface area contributed by atoms with Crippen molar-refractivity contribution in [1.82, 2.24) is 10.2 Å². The SMILES string of the molecule is O=C(CN1C[C@@H]2CCC[C@@]2(C(=O)O)C1)NCC1(c2ccccc2)CCCC1. The van der Waals surface area contributed by atoms with Crippen LogP contribution in [0.3, 0.4) is 0 Å². The molecular weight excluding hydrogens is 340 g/mol. The zero-order valence-corrected chi connectivity index (χ0v) is 16.0. The maximum atomic E-state index is 12.6. The van der Waals surface area contributed by atoms with Crippen molar-refractivity contribution in [1.29, 1.82) is 0 Å². The Hall–Kier alpha value is -1.88. The molecule has 1 heterocycles. The van der Waals surface area contributed by atoms with Crippen LogP contribution in [-0.2, 0) is 15.0 Å². The number of amides is 1. The second-order valence-electron chi connectivity index (χ2n) is 8.85. The lowest BCUT2D eigenvalue weighted by molar-refractivity contribution is -0.149. The van der Waals surface area contributed by atoms with E-state index >= 15 is 0 Å². The van der Waals surface area contributed by atoms with Crippen molar-refractivity contribution in [3.05, 3.63) is 35.9 Å². The molecule has 0 radical (unpaired) electrons. The molecule has 1 saturated heterocycles. The van der Waals surface area contributed by atoms with Crippen molar-refractivity contribution in [3.8, 4) is 0 Å². The van der Waals surface area contributed by atoms with E-state index < -0.39 is 11.4 Å². The molecule has 0 bridgehead atoms. The van der Waals surface area contributed by atoms with Crippen molar-refractivity contribution in [2.45, 2.75) is 50.4 Å². The Balaban J connectivity index is 1.35. The molecule has 2 atom stereocenters. The number of carboxylic acids is 1. The number of likely N-dealkylation sites (tertiary alicyclic amines) is 1. The summed E-state index contributed by atoms with van der Waals surface area (Å²) >= 11 is 0. The fraction of sp³-hybridized carbons (Fsp3) is 0.636. The monoisotopic (exact) mass is 370 g/mol. The molecule has 0 spiro atoms. The van der Waals surface area contributed by atoms with Crippen LogP contribution in [0.25, 0.3) is 0 Å². The lowest BCUT2D eigenvalue weighted by atomic mass is 9.79. The first-order valence-electron chi connectivity index (χ1n) is 10.3. The van der Waals surface area contributed by atoms with Crippen molar-refractivity contribution in [3.63, 3.8) is 0 Å². The Bertz CT molecular complexity index is 699. The zero-order chi connectivity index (χ0) is 18.9. The van der Waals surface area contributed by atoms with Crippen LogP contribution in [-0.4, -0.2) is 48.1 Å². The second kappa shape index (κ2) is 7.27. The number of hydrogen-bond acceptors (Lipinski definition) is 3. The molecule has 0 unspecified atom stereocenters. The number of carbonyl (C=O) groups excluding carboxylic acids is 1. The minimum atomic E-state index is -0.679. The van der Waals surface area contributed by atoms with Gasteiger partial charge >= 0.3 is 5.97 Å². The van der Waals surface area contributed by atoms with Crippen molar-refractivity contribution in [2.24, 2.45) is 11.3 Å². The van der Waals surface area contributed by atoms with E-state index in [0.717, 1.165) is 38.6 Å². The lowest BCUT2D eigenvalue weighted by Gasteiger charge is -2.30. The van der Waals surface area contributed by atoms with E-state index in [-0.39, 0.29) is 17.2 Å². The third kappa shape index (κ3) is 3.38. The summed E-state index contributed by atoms with van der Waals surface area (Å²) in [6, 6.07) is 10.5. The van der Waals surface area contributed by atoms with Crippen LogP contribution in [0.5, 0.6) is 0 Å². The summed E-state index contributed by atoms with van der Waals surface area (Å²) in [5, 5.41) is 12.9. The minimum Gasteiger partial charge on any atom is -0.481 e. The molecule has 1 aromatic carbocycles. The Morgan fingerprint density at radius 2 is 1.85 bits per heavy atom. The maximum Gasteiger partial charge on any atom is 0.311 e. The van der Waals surface area contributed by atoms with E-state index in [1.165, 1.54) is 18.4 Å². The van der Waals surface area contributed by atoms with Crippen molar-refractivity contribution >= 4 is 11.9 Å². The summed E-state index contributed by atoms with van der Waals surface area (Å²) in [6.07, 6.45) is 7.37. The summed E-state index contributed by atoms with van der Waals surface area (Å²) in [6.45, 7) is 2.25. The molecule has 1 aromatic rings. The van der Waals surface area contributed by atoms with Crippen molar-refractivity contribution in [2.75, 3.05) is 26.2 Å². The number of nitrogens with one attached hydrogen (secondary N) is 1. The number of carboxylic acid groups (broad SMARTS) is 1. The van der Waals surface area contributed by atoms with Gasteiger partial charge < -0.3 is 10.4 Å². The topological polar surface area (TPSA) is 69.6 Å². The summed E-state index contributed by atoms with van der Waals surface area (Å²) in [5.74, 6) is -0.451. The summed E-state index contributed by atoms with van der Waals surface area (Å²) in [4.78, 5) is 26.5. The van der Waals surface area contributed by atoms with Gasteiger partial charge in [0.1, 0.15) is 0 Å². The first kappa shape index (κ1) is 18.5. The fourth-order valence-electron chi connectivity index (χ4n) is 5.80. The van der Waals surface area contributed by atoms with Crippen LogP contribution in [0.4, 0.5) is 0 Å². The highest BCUT2D eigenvalue weighted by molar-refractivity contribution is 5.79. The molecule has 2 aliphatic carbocycles. The van der Waals surface area contributed by atoms with E-state index in [0.29, 0.717) is 19.6 Å². The van der Waals surface area contributed by atoms with Crippen LogP contribution in [0, 0.1) is 11.3 Å². The fourth-order valence-corrected chi connectivity index (χ4v) is 5.80. The normalized spacial score (nSPS) is 29.6. The van der Waals surface area contributed by atoms with Gasteiger partial charge in [-0.2, -0.15) is 0 Å². The molecule has 3 aliphatic rings. The summed E-state index contributed by atoms with van der Waals surface area (Å²) in [5.41, 5.74) is 0.765. The van der Waals surface area contributed by atoms with Gasteiger partial charge in [0.05, 0.1) is 12.0 Å². The summed E-state index contributed by atoms with van der Waals surface area (Å²) in [7, 11) is 0. The Kier molecular flexibility index (Phi) is 4.97. The van der Waals surface area contributed by atoms with Crippen LogP contribution in [0.15, 0.2) is 30.3 Å². The van der Waals surface area contributed by atoms with E-state index in [1.54, 1.807) is 0 Å². The molecule has 1 amide bonds.